The average molecular weight is 380 g/mol. The summed E-state index contributed by atoms with van der Waals surface area (Å²) in [7, 11) is 0. The van der Waals surface area contributed by atoms with Crippen LogP contribution in [0.4, 0.5) is 5.69 Å². The molecule has 2 saturated heterocycles. The number of piperidine rings is 2. The lowest BCUT2D eigenvalue weighted by Gasteiger charge is -2.32. The van der Waals surface area contributed by atoms with Crippen LogP contribution in [0.25, 0.3) is 0 Å². The molecule has 2 heterocycles. The Labute approximate surface area is 162 Å². The molecule has 5 nitrogen and oxygen atoms in total. The lowest BCUT2D eigenvalue weighted by atomic mass is 9.92. The third-order valence-corrected chi connectivity index (χ3v) is 5.48. The number of nitrogens with one attached hydrogen (secondary N) is 2. The number of amides is 2. The van der Waals surface area contributed by atoms with Crippen LogP contribution < -0.4 is 10.6 Å². The van der Waals surface area contributed by atoms with Crippen LogP contribution in [0.2, 0.25) is 0 Å². The van der Waals surface area contributed by atoms with E-state index in [4.69, 9.17) is 0 Å². The summed E-state index contributed by atoms with van der Waals surface area (Å²) in [6, 6.07) is 9.57. The van der Waals surface area contributed by atoms with E-state index in [0.29, 0.717) is 25.4 Å². The Morgan fingerprint density at radius 1 is 1.04 bits per heavy atom. The van der Waals surface area contributed by atoms with Crippen molar-refractivity contribution in [1.29, 1.82) is 0 Å². The first-order chi connectivity index (χ1) is 12.2. The molecule has 26 heavy (non-hydrogen) atoms. The molecule has 3 rings (SSSR count). The molecule has 2 N–H and O–H groups in total. The fraction of sp³-hybridized carbons (Fsp3) is 0.600. The van der Waals surface area contributed by atoms with Gasteiger partial charge in [-0.3, -0.25) is 9.59 Å². The maximum Gasteiger partial charge on any atom is 0.227 e. The number of carbonyl (C=O) groups is 2. The number of hydrogen-bond acceptors (Lipinski definition) is 3. The molecule has 2 fully saturated rings. The highest BCUT2D eigenvalue weighted by Gasteiger charge is 2.27. The van der Waals surface area contributed by atoms with Crippen LogP contribution in [0.15, 0.2) is 30.3 Å². The van der Waals surface area contributed by atoms with Gasteiger partial charge in [-0.1, -0.05) is 18.2 Å². The molecule has 0 unspecified atom stereocenters. The number of nitrogens with zero attached hydrogens (tertiary/aromatic N) is 1. The van der Waals surface area contributed by atoms with Gasteiger partial charge in [-0.25, -0.2) is 0 Å². The number of anilines is 1. The number of hydrogen-bond donors (Lipinski definition) is 2. The Kier molecular flexibility index (Phi) is 8.39. The second-order valence-electron chi connectivity index (χ2n) is 7.24. The molecule has 2 amide bonds. The largest absolute Gasteiger partial charge is 0.343 e. The van der Waals surface area contributed by atoms with E-state index in [0.717, 1.165) is 38.0 Å². The molecule has 1 aromatic carbocycles. The molecule has 0 aliphatic carbocycles. The highest BCUT2D eigenvalue weighted by molar-refractivity contribution is 5.92. The van der Waals surface area contributed by atoms with E-state index in [9.17, 15) is 9.59 Å². The van der Waals surface area contributed by atoms with E-state index < -0.39 is 0 Å². The van der Waals surface area contributed by atoms with E-state index in [1.165, 1.54) is 12.8 Å². The number of halogens is 1. The van der Waals surface area contributed by atoms with Gasteiger partial charge >= 0.3 is 0 Å². The van der Waals surface area contributed by atoms with Crippen molar-refractivity contribution in [3.8, 4) is 0 Å². The second kappa shape index (κ2) is 10.5. The predicted molar refractivity (Wildman–Crippen MR) is 106 cm³/mol. The molecule has 1 aromatic rings. The van der Waals surface area contributed by atoms with Crippen LogP contribution in [-0.2, 0) is 9.59 Å². The van der Waals surface area contributed by atoms with Gasteiger partial charge in [0.25, 0.3) is 0 Å². The third-order valence-electron chi connectivity index (χ3n) is 5.48. The molecule has 6 heteroatoms. The molecule has 2 aliphatic rings. The lowest BCUT2D eigenvalue weighted by Crippen LogP contribution is -2.41. The van der Waals surface area contributed by atoms with Crippen molar-refractivity contribution in [2.45, 2.75) is 38.5 Å². The zero-order valence-corrected chi connectivity index (χ0v) is 16.1. The summed E-state index contributed by atoms with van der Waals surface area (Å²) in [5.74, 6) is 1.04. The highest BCUT2D eigenvalue weighted by atomic mass is 35.5. The van der Waals surface area contributed by atoms with Crippen molar-refractivity contribution in [1.82, 2.24) is 10.2 Å². The van der Waals surface area contributed by atoms with Gasteiger partial charge in [-0.2, -0.15) is 0 Å². The van der Waals surface area contributed by atoms with Gasteiger partial charge in [0.15, 0.2) is 0 Å². The van der Waals surface area contributed by atoms with Crippen LogP contribution >= 0.6 is 12.4 Å². The Balaban J connectivity index is 0.00000243. The first-order valence-electron chi connectivity index (χ1n) is 9.57. The van der Waals surface area contributed by atoms with Crippen LogP contribution in [0.1, 0.15) is 38.5 Å². The Morgan fingerprint density at radius 2 is 1.69 bits per heavy atom. The molecule has 144 valence electrons. The second-order valence-corrected chi connectivity index (χ2v) is 7.24. The summed E-state index contributed by atoms with van der Waals surface area (Å²) < 4.78 is 0. The summed E-state index contributed by atoms with van der Waals surface area (Å²) in [5, 5.41) is 6.34. The molecule has 2 aliphatic heterocycles. The first kappa shape index (κ1) is 20.7. The molecule has 0 bridgehead atoms. The predicted octanol–water partition coefficient (Wildman–Crippen LogP) is 3.07. The molecular formula is C20H30ClN3O2. The summed E-state index contributed by atoms with van der Waals surface area (Å²) >= 11 is 0. The Bertz CT molecular complexity index is 568. The number of benzene rings is 1. The molecular weight excluding hydrogens is 350 g/mol. The van der Waals surface area contributed by atoms with E-state index >= 15 is 0 Å². The van der Waals surface area contributed by atoms with Crippen molar-refractivity contribution < 1.29 is 9.59 Å². The van der Waals surface area contributed by atoms with Crippen molar-refractivity contribution in [2.75, 3.05) is 31.5 Å². The number of carbonyl (C=O) groups excluding carboxylic acids is 2. The summed E-state index contributed by atoms with van der Waals surface area (Å²) in [6.45, 7) is 3.58. The minimum atomic E-state index is 0. The Morgan fingerprint density at radius 3 is 2.35 bits per heavy atom. The van der Waals surface area contributed by atoms with Crippen molar-refractivity contribution in [3.63, 3.8) is 0 Å². The van der Waals surface area contributed by atoms with E-state index in [-0.39, 0.29) is 30.1 Å². The normalized spacial score (nSPS) is 18.8. The summed E-state index contributed by atoms with van der Waals surface area (Å²) in [5.41, 5.74) is 0.841. The number of para-hydroxylation sites is 1. The average Bonchev–Trinajstić information content (AvgIpc) is 2.68. The van der Waals surface area contributed by atoms with Gasteiger partial charge in [-0.15, -0.1) is 12.4 Å². The summed E-state index contributed by atoms with van der Waals surface area (Å²) in [4.78, 5) is 26.7. The zero-order chi connectivity index (χ0) is 17.5. The van der Waals surface area contributed by atoms with E-state index in [2.05, 4.69) is 10.6 Å². The monoisotopic (exact) mass is 379 g/mol. The number of likely N-dealkylation sites (tertiary alicyclic amines) is 1. The van der Waals surface area contributed by atoms with Crippen molar-refractivity contribution >= 4 is 29.9 Å². The van der Waals surface area contributed by atoms with Gasteiger partial charge in [-0.05, 0) is 63.2 Å². The first-order valence-corrected chi connectivity index (χ1v) is 9.57. The van der Waals surface area contributed by atoms with Gasteiger partial charge in [0.1, 0.15) is 0 Å². The SMILES string of the molecule is Cl.O=C(Nc1ccccc1)C1CCN(C(=O)CCC2CCNCC2)CC1. The lowest BCUT2D eigenvalue weighted by molar-refractivity contribution is -0.134. The van der Waals surface area contributed by atoms with Gasteiger partial charge in [0.2, 0.25) is 11.8 Å². The zero-order valence-electron chi connectivity index (χ0n) is 15.3. The van der Waals surface area contributed by atoms with Crippen LogP contribution in [0, 0.1) is 11.8 Å². The highest BCUT2D eigenvalue weighted by Crippen LogP contribution is 2.22. The van der Waals surface area contributed by atoms with Crippen LogP contribution in [0.3, 0.4) is 0 Å². The van der Waals surface area contributed by atoms with Gasteiger partial charge in [0, 0.05) is 31.1 Å². The van der Waals surface area contributed by atoms with Crippen LogP contribution in [-0.4, -0.2) is 42.9 Å². The fourth-order valence-corrected chi connectivity index (χ4v) is 3.81. The maximum absolute atomic E-state index is 12.4. The molecule has 0 spiro atoms. The fourth-order valence-electron chi connectivity index (χ4n) is 3.81. The Hall–Kier alpha value is -1.59. The smallest absolute Gasteiger partial charge is 0.227 e. The molecule has 0 atom stereocenters. The van der Waals surface area contributed by atoms with E-state index in [1.807, 2.05) is 35.2 Å². The topological polar surface area (TPSA) is 61.4 Å². The number of rotatable bonds is 5. The van der Waals surface area contributed by atoms with Crippen LogP contribution in [0.5, 0.6) is 0 Å². The third kappa shape index (κ3) is 5.99. The van der Waals surface area contributed by atoms with E-state index in [1.54, 1.807) is 0 Å². The molecule has 0 radical (unpaired) electrons. The molecule has 0 saturated carbocycles. The van der Waals surface area contributed by atoms with Crippen molar-refractivity contribution in [2.24, 2.45) is 11.8 Å². The quantitative estimate of drug-likeness (QED) is 0.826. The maximum atomic E-state index is 12.4. The minimum absolute atomic E-state index is 0. The van der Waals surface area contributed by atoms with Crippen molar-refractivity contribution in [3.05, 3.63) is 30.3 Å². The van der Waals surface area contributed by atoms with Gasteiger partial charge < -0.3 is 15.5 Å². The van der Waals surface area contributed by atoms with Gasteiger partial charge in [0.05, 0.1) is 0 Å². The minimum Gasteiger partial charge on any atom is -0.343 e. The standard InChI is InChI=1S/C20H29N3O2.ClH/c24-19(7-6-16-8-12-21-13-9-16)23-14-10-17(11-15-23)20(25)22-18-4-2-1-3-5-18;/h1-5,16-17,21H,6-15H2,(H,22,25);1H. The summed E-state index contributed by atoms with van der Waals surface area (Å²) in [6.07, 6.45) is 5.57. The molecule has 0 aromatic heterocycles.